The van der Waals surface area contributed by atoms with E-state index in [0.29, 0.717) is 6.04 Å². The maximum absolute atomic E-state index is 4.49. The Morgan fingerprint density at radius 1 is 1.25 bits per heavy atom. The number of benzene rings is 1. The third kappa shape index (κ3) is 2.76. The SMILES string of the molecule is CC(C)NCCn1ncc2ccc(-c3ccsc3)cc21. The van der Waals surface area contributed by atoms with Crippen LogP contribution in [0.5, 0.6) is 0 Å². The van der Waals surface area contributed by atoms with Crippen molar-refractivity contribution in [1.82, 2.24) is 15.1 Å². The van der Waals surface area contributed by atoms with Gasteiger partial charge in [0.15, 0.2) is 0 Å². The van der Waals surface area contributed by atoms with Crippen molar-refractivity contribution in [3.05, 3.63) is 41.2 Å². The van der Waals surface area contributed by atoms with Crippen LogP contribution < -0.4 is 5.32 Å². The Kier molecular flexibility index (Phi) is 3.85. The van der Waals surface area contributed by atoms with Crippen LogP contribution in [0.4, 0.5) is 0 Å². The van der Waals surface area contributed by atoms with Gasteiger partial charge < -0.3 is 5.32 Å². The number of hydrogen-bond donors (Lipinski definition) is 1. The Bertz CT molecular complexity index is 683. The lowest BCUT2D eigenvalue weighted by Gasteiger charge is -2.09. The Morgan fingerprint density at radius 2 is 2.15 bits per heavy atom. The fourth-order valence-electron chi connectivity index (χ4n) is 2.32. The molecule has 3 aromatic rings. The van der Waals surface area contributed by atoms with Gasteiger partial charge in [0.2, 0.25) is 0 Å². The molecule has 0 spiro atoms. The van der Waals surface area contributed by atoms with E-state index >= 15 is 0 Å². The van der Waals surface area contributed by atoms with Crippen LogP contribution in [0.15, 0.2) is 41.2 Å². The van der Waals surface area contributed by atoms with Crippen LogP contribution in [-0.4, -0.2) is 22.4 Å². The molecule has 20 heavy (non-hydrogen) atoms. The van der Waals surface area contributed by atoms with Crippen molar-refractivity contribution >= 4 is 22.2 Å². The maximum Gasteiger partial charge on any atom is 0.0689 e. The van der Waals surface area contributed by atoms with Crippen molar-refractivity contribution in [2.45, 2.75) is 26.4 Å². The van der Waals surface area contributed by atoms with Gasteiger partial charge in [0.05, 0.1) is 18.3 Å². The van der Waals surface area contributed by atoms with E-state index in [0.717, 1.165) is 13.1 Å². The van der Waals surface area contributed by atoms with Crippen LogP contribution in [-0.2, 0) is 6.54 Å². The molecule has 2 heterocycles. The number of fused-ring (bicyclic) bond motifs is 1. The summed E-state index contributed by atoms with van der Waals surface area (Å²) in [5.74, 6) is 0. The van der Waals surface area contributed by atoms with E-state index < -0.39 is 0 Å². The highest BCUT2D eigenvalue weighted by Gasteiger charge is 2.05. The zero-order valence-corrected chi connectivity index (χ0v) is 12.7. The molecule has 0 aliphatic carbocycles. The maximum atomic E-state index is 4.49. The molecule has 1 aromatic carbocycles. The summed E-state index contributed by atoms with van der Waals surface area (Å²) in [5.41, 5.74) is 3.75. The van der Waals surface area contributed by atoms with Crippen molar-refractivity contribution in [2.75, 3.05) is 6.54 Å². The van der Waals surface area contributed by atoms with Gasteiger partial charge in [0.1, 0.15) is 0 Å². The molecule has 2 aromatic heterocycles. The summed E-state index contributed by atoms with van der Waals surface area (Å²) >= 11 is 1.73. The Hall–Kier alpha value is -1.65. The Balaban J connectivity index is 1.88. The molecule has 3 nitrogen and oxygen atoms in total. The monoisotopic (exact) mass is 285 g/mol. The molecule has 0 amide bonds. The van der Waals surface area contributed by atoms with Crippen molar-refractivity contribution in [1.29, 1.82) is 0 Å². The Morgan fingerprint density at radius 3 is 2.90 bits per heavy atom. The smallest absolute Gasteiger partial charge is 0.0689 e. The van der Waals surface area contributed by atoms with Gasteiger partial charge in [-0.05, 0) is 34.0 Å². The minimum atomic E-state index is 0.512. The molecule has 0 bridgehead atoms. The lowest BCUT2D eigenvalue weighted by Crippen LogP contribution is -2.26. The molecule has 104 valence electrons. The molecule has 0 radical (unpaired) electrons. The third-order valence-electron chi connectivity index (χ3n) is 3.38. The van der Waals surface area contributed by atoms with Gasteiger partial charge in [-0.25, -0.2) is 0 Å². The van der Waals surface area contributed by atoms with Gasteiger partial charge in [0.25, 0.3) is 0 Å². The van der Waals surface area contributed by atoms with Crippen molar-refractivity contribution in [3.63, 3.8) is 0 Å². The van der Waals surface area contributed by atoms with Crippen LogP contribution in [0, 0.1) is 0 Å². The van der Waals surface area contributed by atoms with E-state index in [1.54, 1.807) is 11.3 Å². The highest BCUT2D eigenvalue weighted by molar-refractivity contribution is 7.08. The molecule has 0 atom stereocenters. The summed E-state index contributed by atoms with van der Waals surface area (Å²) in [4.78, 5) is 0. The average molecular weight is 285 g/mol. The molecular formula is C16H19N3S. The van der Waals surface area contributed by atoms with Crippen molar-refractivity contribution in [2.24, 2.45) is 0 Å². The fraction of sp³-hybridized carbons (Fsp3) is 0.312. The normalized spacial score (nSPS) is 11.6. The van der Waals surface area contributed by atoms with E-state index in [2.05, 4.69) is 64.0 Å². The van der Waals surface area contributed by atoms with Crippen LogP contribution >= 0.6 is 11.3 Å². The van der Waals surface area contributed by atoms with E-state index in [9.17, 15) is 0 Å². The van der Waals surface area contributed by atoms with Crippen LogP contribution in [0.3, 0.4) is 0 Å². The molecule has 0 aliphatic rings. The summed E-state index contributed by atoms with van der Waals surface area (Å²) in [5, 5.41) is 13.4. The molecular weight excluding hydrogens is 266 g/mol. The van der Waals surface area contributed by atoms with E-state index in [-0.39, 0.29) is 0 Å². The topological polar surface area (TPSA) is 29.9 Å². The van der Waals surface area contributed by atoms with Gasteiger partial charge >= 0.3 is 0 Å². The van der Waals surface area contributed by atoms with Crippen LogP contribution in [0.1, 0.15) is 13.8 Å². The molecule has 0 saturated heterocycles. The fourth-order valence-corrected chi connectivity index (χ4v) is 2.98. The van der Waals surface area contributed by atoms with E-state index in [4.69, 9.17) is 0 Å². The quantitative estimate of drug-likeness (QED) is 0.773. The van der Waals surface area contributed by atoms with E-state index in [1.807, 2.05) is 6.20 Å². The first-order valence-corrected chi connectivity index (χ1v) is 7.90. The van der Waals surface area contributed by atoms with Crippen LogP contribution in [0.2, 0.25) is 0 Å². The molecule has 1 N–H and O–H groups in total. The summed E-state index contributed by atoms with van der Waals surface area (Å²) in [7, 11) is 0. The lowest BCUT2D eigenvalue weighted by atomic mass is 10.1. The highest BCUT2D eigenvalue weighted by Crippen LogP contribution is 2.26. The van der Waals surface area contributed by atoms with Crippen molar-refractivity contribution < 1.29 is 0 Å². The molecule has 3 rings (SSSR count). The highest BCUT2D eigenvalue weighted by atomic mass is 32.1. The van der Waals surface area contributed by atoms with Gasteiger partial charge in [-0.15, -0.1) is 0 Å². The minimum Gasteiger partial charge on any atom is -0.313 e. The predicted molar refractivity (Wildman–Crippen MR) is 86.2 cm³/mol. The van der Waals surface area contributed by atoms with Gasteiger partial charge in [-0.1, -0.05) is 26.0 Å². The standard InChI is InChI=1S/C16H19N3S/c1-12(2)17-6-7-19-16-9-13(15-5-8-20-11-15)3-4-14(16)10-18-19/h3-5,8-12,17H,6-7H2,1-2H3. The van der Waals surface area contributed by atoms with Gasteiger partial charge in [0, 0.05) is 18.0 Å². The Labute approximate surface area is 123 Å². The molecule has 0 fully saturated rings. The molecule has 0 unspecified atom stereocenters. The zero-order chi connectivity index (χ0) is 13.9. The first-order valence-electron chi connectivity index (χ1n) is 6.95. The number of hydrogen-bond acceptors (Lipinski definition) is 3. The first kappa shape index (κ1) is 13.3. The largest absolute Gasteiger partial charge is 0.313 e. The van der Waals surface area contributed by atoms with Crippen molar-refractivity contribution in [3.8, 4) is 11.1 Å². The second kappa shape index (κ2) is 5.77. The number of thiophene rings is 1. The average Bonchev–Trinajstić information content (AvgIpc) is 3.07. The summed E-state index contributed by atoms with van der Waals surface area (Å²) < 4.78 is 2.08. The second-order valence-corrected chi connectivity index (χ2v) is 6.04. The summed E-state index contributed by atoms with van der Waals surface area (Å²) in [6, 6.07) is 9.23. The first-order chi connectivity index (χ1) is 9.74. The van der Waals surface area contributed by atoms with Crippen LogP contribution in [0.25, 0.3) is 22.0 Å². The lowest BCUT2D eigenvalue weighted by molar-refractivity contribution is 0.524. The zero-order valence-electron chi connectivity index (χ0n) is 11.8. The third-order valence-corrected chi connectivity index (χ3v) is 4.06. The molecule has 4 heteroatoms. The summed E-state index contributed by atoms with van der Waals surface area (Å²) in [6.45, 7) is 6.16. The number of aromatic nitrogens is 2. The van der Waals surface area contributed by atoms with E-state index in [1.165, 1.54) is 22.0 Å². The predicted octanol–water partition coefficient (Wildman–Crippen LogP) is 3.76. The molecule has 0 aliphatic heterocycles. The number of nitrogens with zero attached hydrogens (tertiary/aromatic N) is 2. The number of rotatable bonds is 5. The minimum absolute atomic E-state index is 0.512. The number of nitrogens with one attached hydrogen (secondary N) is 1. The van der Waals surface area contributed by atoms with Gasteiger partial charge in [-0.3, -0.25) is 4.68 Å². The second-order valence-electron chi connectivity index (χ2n) is 5.26. The molecule has 0 saturated carbocycles. The summed E-state index contributed by atoms with van der Waals surface area (Å²) in [6.07, 6.45) is 1.95. The van der Waals surface area contributed by atoms with Gasteiger partial charge in [-0.2, -0.15) is 16.4 Å².